The lowest BCUT2D eigenvalue weighted by Crippen LogP contribution is -1.97. The van der Waals surface area contributed by atoms with E-state index in [4.69, 9.17) is 23.3 Å². The van der Waals surface area contributed by atoms with Crippen molar-refractivity contribution in [3.63, 3.8) is 0 Å². The van der Waals surface area contributed by atoms with E-state index in [1.165, 1.54) is 0 Å². The van der Waals surface area contributed by atoms with Gasteiger partial charge < -0.3 is 23.3 Å². The molecule has 1 aliphatic heterocycles. The number of methoxy groups -OCH3 is 2. The van der Waals surface area contributed by atoms with E-state index < -0.39 is 0 Å². The molecule has 0 saturated carbocycles. The van der Waals surface area contributed by atoms with Crippen molar-refractivity contribution in [1.29, 1.82) is 0 Å². The van der Waals surface area contributed by atoms with Crippen molar-refractivity contribution in [2.24, 2.45) is 0 Å². The van der Waals surface area contributed by atoms with E-state index in [1.807, 2.05) is 0 Å². The van der Waals surface area contributed by atoms with E-state index >= 15 is 0 Å². The van der Waals surface area contributed by atoms with Crippen molar-refractivity contribution in [2.75, 3.05) is 14.2 Å². The number of hydrogen-bond acceptors (Lipinski definition) is 7. The average molecular weight is 266 g/mol. The SMILES string of the molecule is COc1cc(C2CCC(c3cc(OC)no3)O2)on1. The number of aromatic nitrogens is 2. The van der Waals surface area contributed by atoms with Crippen LogP contribution in [0.1, 0.15) is 36.6 Å². The second-order valence-electron chi connectivity index (χ2n) is 4.23. The molecule has 102 valence electrons. The van der Waals surface area contributed by atoms with Crippen molar-refractivity contribution in [2.45, 2.75) is 25.0 Å². The van der Waals surface area contributed by atoms with Gasteiger partial charge in [0.15, 0.2) is 11.5 Å². The first kappa shape index (κ1) is 12.0. The van der Waals surface area contributed by atoms with Crippen LogP contribution in [0.4, 0.5) is 0 Å². The van der Waals surface area contributed by atoms with Crippen molar-refractivity contribution >= 4 is 0 Å². The molecule has 7 heteroatoms. The van der Waals surface area contributed by atoms with Crippen LogP contribution in [-0.2, 0) is 4.74 Å². The molecular formula is C12H14N2O5. The van der Waals surface area contributed by atoms with Crippen molar-refractivity contribution in [1.82, 2.24) is 10.3 Å². The predicted molar refractivity (Wildman–Crippen MR) is 61.9 cm³/mol. The van der Waals surface area contributed by atoms with E-state index in [1.54, 1.807) is 26.4 Å². The van der Waals surface area contributed by atoms with E-state index in [-0.39, 0.29) is 12.2 Å². The highest BCUT2D eigenvalue weighted by Gasteiger charge is 2.33. The fourth-order valence-corrected chi connectivity index (χ4v) is 2.10. The molecule has 0 aliphatic carbocycles. The topological polar surface area (TPSA) is 79.8 Å². The first-order valence-electron chi connectivity index (χ1n) is 5.97. The van der Waals surface area contributed by atoms with Gasteiger partial charge in [0, 0.05) is 12.1 Å². The minimum absolute atomic E-state index is 0.141. The summed E-state index contributed by atoms with van der Waals surface area (Å²) in [5.74, 6) is 2.21. The molecule has 1 saturated heterocycles. The van der Waals surface area contributed by atoms with Gasteiger partial charge in [-0.05, 0) is 23.2 Å². The van der Waals surface area contributed by atoms with Gasteiger partial charge in [-0.2, -0.15) is 0 Å². The zero-order valence-corrected chi connectivity index (χ0v) is 10.7. The van der Waals surface area contributed by atoms with Gasteiger partial charge >= 0.3 is 0 Å². The number of rotatable bonds is 4. The molecule has 0 N–H and O–H groups in total. The summed E-state index contributed by atoms with van der Waals surface area (Å²) in [5, 5.41) is 7.52. The summed E-state index contributed by atoms with van der Waals surface area (Å²) in [6.45, 7) is 0. The molecule has 2 unspecified atom stereocenters. The largest absolute Gasteiger partial charge is 0.479 e. The van der Waals surface area contributed by atoms with E-state index in [9.17, 15) is 0 Å². The molecule has 1 fully saturated rings. The third-order valence-electron chi connectivity index (χ3n) is 3.09. The lowest BCUT2D eigenvalue weighted by molar-refractivity contribution is 0.0146. The molecule has 2 aromatic heterocycles. The van der Waals surface area contributed by atoms with Crippen LogP contribution in [0.3, 0.4) is 0 Å². The van der Waals surface area contributed by atoms with E-state index in [0.29, 0.717) is 23.3 Å². The molecule has 0 spiro atoms. The number of hydrogen-bond donors (Lipinski definition) is 0. The van der Waals surface area contributed by atoms with Gasteiger partial charge in [-0.3, -0.25) is 0 Å². The summed E-state index contributed by atoms with van der Waals surface area (Å²) in [6, 6.07) is 3.46. The van der Waals surface area contributed by atoms with Crippen molar-refractivity contribution in [3.05, 3.63) is 23.7 Å². The van der Waals surface area contributed by atoms with Gasteiger partial charge in [0.1, 0.15) is 12.2 Å². The molecule has 19 heavy (non-hydrogen) atoms. The van der Waals surface area contributed by atoms with Crippen molar-refractivity contribution in [3.8, 4) is 11.8 Å². The third-order valence-corrected chi connectivity index (χ3v) is 3.09. The van der Waals surface area contributed by atoms with Crippen LogP contribution in [0.5, 0.6) is 11.8 Å². The molecule has 2 aromatic rings. The normalized spacial score (nSPS) is 22.6. The number of nitrogens with zero attached hydrogens (tertiary/aromatic N) is 2. The Bertz CT molecular complexity index is 502. The Kier molecular flexibility index (Phi) is 3.12. The predicted octanol–water partition coefficient (Wildman–Crippen LogP) is 2.27. The Hall–Kier alpha value is -2.02. The first-order chi connectivity index (χ1) is 9.30. The van der Waals surface area contributed by atoms with Crippen LogP contribution >= 0.6 is 0 Å². The van der Waals surface area contributed by atoms with E-state index in [2.05, 4.69) is 10.3 Å². The Morgan fingerprint density at radius 3 is 1.79 bits per heavy atom. The van der Waals surface area contributed by atoms with Crippen LogP contribution in [0.2, 0.25) is 0 Å². The zero-order valence-electron chi connectivity index (χ0n) is 10.7. The van der Waals surface area contributed by atoms with E-state index in [0.717, 1.165) is 12.8 Å². The minimum atomic E-state index is -0.141. The van der Waals surface area contributed by atoms with Crippen LogP contribution in [0, 0.1) is 0 Å². The van der Waals surface area contributed by atoms with Crippen molar-refractivity contribution < 1.29 is 23.3 Å². The Labute approximate surface area is 109 Å². The molecule has 2 atom stereocenters. The lowest BCUT2D eigenvalue weighted by Gasteiger charge is -2.07. The summed E-state index contributed by atoms with van der Waals surface area (Å²) in [7, 11) is 3.08. The van der Waals surface area contributed by atoms with Gasteiger partial charge in [0.05, 0.1) is 14.2 Å². The second kappa shape index (κ2) is 4.93. The molecule has 1 aliphatic rings. The van der Waals surface area contributed by atoms with Gasteiger partial charge in [-0.25, -0.2) is 0 Å². The van der Waals surface area contributed by atoms with Crippen LogP contribution < -0.4 is 9.47 Å². The highest BCUT2D eigenvalue weighted by atomic mass is 16.6. The van der Waals surface area contributed by atoms with Gasteiger partial charge in [0.2, 0.25) is 0 Å². The minimum Gasteiger partial charge on any atom is -0.479 e. The Balaban J connectivity index is 1.69. The Morgan fingerprint density at radius 2 is 1.42 bits per heavy atom. The summed E-state index contributed by atoms with van der Waals surface area (Å²) < 4.78 is 26.2. The zero-order chi connectivity index (χ0) is 13.2. The number of ether oxygens (including phenoxy) is 3. The van der Waals surface area contributed by atoms with Gasteiger partial charge in [-0.15, -0.1) is 0 Å². The van der Waals surface area contributed by atoms with Crippen LogP contribution in [0.15, 0.2) is 21.2 Å². The van der Waals surface area contributed by atoms with Gasteiger partial charge in [0.25, 0.3) is 11.8 Å². The second-order valence-corrected chi connectivity index (χ2v) is 4.23. The smallest absolute Gasteiger partial charge is 0.254 e. The summed E-state index contributed by atoms with van der Waals surface area (Å²) in [5.41, 5.74) is 0. The molecule has 7 nitrogen and oxygen atoms in total. The summed E-state index contributed by atoms with van der Waals surface area (Å²) in [4.78, 5) is 0. The van der Waals surface area contributed by atoms with Crippen LogP contribution in [0.25, 0.3) is 0 Å². The maximum absolute atomic E-state index is 5.87. The first-order valence-corrected chi connectivity index (χ1v) is 5.97. The summed E-state index contributed by atoms with van der Waals surface area (Å²) in [6.07, 6.45) is 1.37. The van der Waals surface area contributed by atoms with Gasteiger partial charge in [-0.1, -0.05) is 0 Å². The molecule has 0 aromatic carbocycles. The third kappa shape index (κ3) is 2.28. The Morgan fingerprint density at radius 1 is 0.947 bits per heavy atom. The standard InChI is InChI=1S/C12H14N2O5/c1-15-11-5-9(18-13-11)7-3-4-8(17-7)10-6-12(16-2)14-19-10/h5-8H,3-4H2,1-2H3. The lowest BCUT2D eigenvalue weighted by atomic mass is 10.1. The molecule has 0 amide bonds. The quantitative estimate of drug-likeness (QED) is 0.839. The highest BCUT2D eigenvalue weighted by molar-refractivity contribution is 5.16. The maximum Gasteiger partial charge on any atom is 0.254 e. The summed E-state index contributed by atoms with van der Waals surface area (Å²) >= 11 is 0. The van der Waals surface area contributed by atoms with Crippen LogP contribution in [-0.4, -0.2) is 24.5 Å². The average Bonchev–Trinajstić information content (AvgIpc) is 3.16. The maximum atomic E-state index is 5.87. The fourth-order valence-electron chi connectivity index (χ4n) is 2.10. The molecular weight excluding hydrogens is 252 g/mol. The highest BCUT2D eigenvalue weighted by Crippen LogP contribution is 2.41. The molecule has 0 radical (unpaired) electrons. The fraction of sp³-hybridized carbons (Fsp3) is 0.500. The molecule has 3 rings (SSSR count). The molecule has 3 heterocycles. The molecule has 0 bridgehead atoms. The monoisotopic (exact) mass is 266 g/mol.